The second kappa shape index (κ2) is 4.91. The highest BCUT2D eigenvalue weighted by atomic mass is 35.5. The van der Waals surface area contributed by atoms with E-state index in [0.717, 1.165) is 15.3 Å². The molecule has 0 aliphatic heterocycles. The van der Waals surface area contributed by atoms with Gasteiger partial charge in [0.25, 0.3) is 0 Å². The molecule has 0 fully saturated rings. The lowest BCUT2D eigenvalue weighted by atomic mass is 10.3. The number of halogens is 1. The number of aromatic nitrogens is 3. The standard InChI is InChI=1S/C11H9ClN4OS/c12-7-1-2-9-8(5-7)15-11(18-9)13-4-3-10-14-6-17-16-10/h1-2,5-6H,3-4H2,(H,13,15). The van der Waals surface area contributed by atoms with E-state index in [1.165, 1.54) is 6.39 Å². The van der Waals surface area contributed by atoms with Crippen molar-refractivity contribution < 1.29 is 4.52 Å². The predicted molar refractivity (Wildman–Crippen MR) is 71.1 cm³/mol. The zero-order valence-electron chi connectivity index (χ0n) is 9.26. The molecule has 2 heterocycles. The van der Waals surface area contributed by atoms with Crippen LogP contribution in [0.2, 0.25) is 5.02 Å². The van der Waals surface area contributed by atoms with Crippen molar-refractivity contribution >= 4 is 38.3 Å². The summed E-state index contributed by atoms with van der Waals surface area (Å²) in [5, 5.41) is 8.55. The quantitative estimate of drug-likeness (QED) is 0.796. The first-order chi connectivity index (χ1) is 8.81. The molecule has 5 nitrogen and oxygen atoms in total. The summed E-state index contributed by atoms with van der Waals surface area (Å²) >= 11 is 7.52. The maximum absolute atomic E-state index is 5.92. The van der Waals surface area contributed by atoms with Crippen LogP contribution in [0, 0.1) is 0 Å². The van der Waals surface area contributed by atoms with Crippen LogP contribution in [0.1, 0.15) is 5.82 Å². The third-order valence-electron chi connectivity index (χ3n) is 2.38. The lowest BCUT2D eigenvalue weighted by molar-refractivity contribution is 0.410. The van der Waals surface area contributed by atoms with E-state index in [9.17, 15) is 0 Å². The number of benzene rings is 1. The number of nitrogens with one attached hydrogen (secondary N) is 1. The smallest absolute Gasteiger partial charge is 0.213 e. The Labute approximate surface area is 112 Å². The van der Waals surface area contributed by atoms with Gasteiger partial charge in [-0.25, -0.2) is 4.98 Å². The molecular formula is C11H9ClN4OS. The van der Waals surface area contributed by atoms with Crippen LogP contribution < -0.4 is 5.32 Å². The summed E-state index contributed by atoms with van der Waals surface area (Å²) in [6.07, 6.45) is 2.03. The summed E-state index contributed by atoms with van der Waals surface area (Å²) in [4.78, 5) is 8.40. The fourth-order valence-electron chi connectivity index (χ4n) is 1.56. The summed E-state index contributed by atoms with van der Waals surface area (Å²) in [5.74, 6) is 0.687. The topological polar surface area (TPSA) is 63.8 Å². The zero-order chi connectivity index (χ0) is 12.4. The summed E-state index contributed by atoms with van der Waals surface area (Å²) in [7, 11) is 0. The molecule has 0 amide bonds. The number of thiazole rings is 1. The van der Waals surface area contributed by atoms with Crippen LogP contribution in [0.5, 0.6) is 0 Å². The molecule has 18 heavy (non-hydrogen) atoms. The minimum Gasteiger partial charge on any atom is -0.361 e. The van der Waals surface area contributed by atoms with Gasteiger partial charge in [-0.1, -0.05) is 28.1 Å². The molecule has 2 aromatic heterocycles. The van der Waals surface area contributed by atoms with Gasteiger partial charge in [-0.05, 0) is 18.2 Å². The van der Waals surface area contributed by atoms with Crippen molar-refractivity contribution in [2.24, 2.45) is 0 Å². The molecule has 0 atom stereocenters. The van der Waals surface area contributed by atoms with Crippen molar-refractivity contribution in [1.29, 1.82) is 0 Å². The van der Waals surface area contributed by atoms with Crippen LogP contribution in [0.3, 0.4) is 0 Å². The van der Waals surface area contributed by atoms with E-state index in [-0.39, 0.29) is 0 Å². The van der Waals surface area contributed by atoms with Gasteiger partial charge in [0.05, 0.1) is 10.2 Å². The van der Waals surface area contributed by atoms with Gasteiger partial charge in [0.2, 0.25) is 6.39 Å². The minimum absolute atomic E-state index is 0.687. The van der Waals surface area contributed by atoms with Gasteiger partial charge in [0.15, 0.2) is 11.0 Å². The van der Waals surface area contributed by atoms with E-state index >= 15 is 0 Å². The van der Waals surface area contributed by atoms with Crippen molar-refractivity contribution in [3.8, 4) is 0 Å². The van der Waals surface area contributed by atoms with Crippen LogP contribution in [0.4, 0.5) is 5.13 Å². The predicted octanol–water partition coefficient (Wildman–Crippen LogP) is 2.99. The molecule has 7 heteroatoms. The van der Waals surface area contributed by atoms with E-state index in [1.807, 2.05) is 18.2 Å². The Bertz CT molecular complexity index is 652. The second-order valence-corrected chi connectivity index (χ2v) is 5.12. The normalized spacial score (nSPS) is 10.9. The molecule has 0 saturated heterocycles. The second-order valence-electron chi connectivity index (χ2n) is 3.66. The number of hydrogen-bond acceptors (Lipinski definition) is 6. The van der Waals surface area contributed by atoms with Crippen LogP contribution in [-0.4, -0.2) is 21.7 Å². The third-order valence-corrected chi connectivity index (χ3v) is 3.61. The SMILES string of the molecule is Clc1ccc2sc(NCCc3ncon3)nc2c1. The molecule has 0 aliphatic carbocycles. The zero-order valence-corrected chi connectivity index (χ0v) is 10.8. The molecule has 0 spiro atoms. The minimum atomic E-state index is 0.687. The fraction of sp³-hybridized carbons (Fsp3) is 0.182. The molecule has 0 saturated carbocycles. The Morgan fingerprint density at radius 2 is 2.33 bits per heavy atom. The maximum atomic E-state index is 5.92. The molecule has 0 radical (unpaired) electrons. The van der Waals surface area contributed by atoms with Gasteiger partial charge in [0.1, 0.15) is 0 Å². The molecule has 92 valence electrons. The van der Waals surface area contributed by atoms with Crippen molar-refractivity contribution in [2.45, 2.75) is 6.42 Å². The Morgan fingerprint density at radius 3 is 3.17 bits per heavy atom. The van der Waals surface area contributed by atoms with Crippen LogP contribution >= 0.6 is 22.9 Å². The van der Waals surface area contributed by atoms with Crippen molar-refractivity contribution in [2.75, 3.05) is 11.9 Å². The highest BCUT2D eigenvalue weighted by molar-refractivity contribution is 7.22. The molecular weight excluding hydrogens is 272 g/mol. The Kier molecular flexibility index (Phi) is 3.12. The van der Waals surface area contributed by atoms with Gasteiger partial charge < -0.3 is 9.84 Å². The number of rotatable bonds is 4. The van der Waals surface area contributed by atoms with Gasteiger partial charge in [-0.3, -0.25) is 0 Å². The maximum Gasteiger partial charge on any atom is 0.213 e. The Balaban J connectivity index is 1.67. The summed E-state index contributed by atoms with van der Waals surface area (Å²) in [5.41, 5.74) is 0.912. The number of hydrogen-bond donors (Lipinski definition) is 1. The monoisotopic (exact) mass is 280 g/mol. The average Bonchev–Trinajstić information content (AvgIpc) is 2.97. The molecule has 0 aliphatic rings. The van der Waals surface area contributed by atoms with Crippen LogP contribution in [-0.2, 0) is 6.42 Å². The average molecular weight is 281 g/mol. The van der Waals surface area contributed by atoms with E-state index < -0.39 is 0 Å². The lowest BCUT2D eigenvalue weighted by Crippen LogP contribution is -2.05. The number of nitrogens with zero attached hydrogens (tertiary/aromatic N) is 3. The van der Waals surface area contributed by atoms with E-state index in [1.54, 1.807) is 11.3 Å². The third kappa shape index (κ3) is 2.44. The molecule has 3 rings (SSSR count). The first kappa shape index (κ1) is 11.4. The van der Waals surface area contributed by atoms with Crippen molar-refractivity contribution in [3.05, 3.63) is 35.4 Å². The molecule has 1 aromatic carbocycles. The summed E-state index contributed by atoms with van der Waals surface area (Å²) in [6, 6.07) is 5.70. The largest absolute Gasteiger partial charge is 0.361 e. The Hall–Kier alpha value is -1.66. The fourth-order valence-corrected chi connectivity index (χ4v) is 2.60. The van der Waals surface area contributed by atoms with Crippen LogP contribution in [0.15, 0.2) is 29.1 Å². The Morgan fingerprint density at radius 1 is 1.39 bits per heavy atom. The first-order valence-corrected chi connectivity index (χ1v) is 6.56. The first-order valence-electron chi connectivity index (χ1n) is 5.36. The molecule has 1 N–H and O–H groups in total. The summed E-state index contributed by atoms with van der Waals surface area (Å²) < 4.78 is 5.77. The molecule has 3 aromatic rings. The van der Waals surface area contributed by atoms with Crippen molar-refractivity contribution in [1.82, 2.24) is 15.1 Å². The van der Waals surface area contributed by atoms with E-state index in [4.69, 9.17) is 11.6 Å². The highest BCUT2D eigenvalue weighted by Gasteiger charge is 2.04. The van der Waals surface area contributed by atoms with Gasteiger partial charge in [-0.15, -0.1) is 0 Å². The highest BCUT2D eigenvalue weighted by Crippen LogP contribution is 2.27. The van der Waals surface area contributed by atoms with Gasteiger partial charge in [0, 0.05) is 18.0 Å². The van der Waals surface area contributed by atoms with Crippen LogP contribution in [0.25, 0.3) is 10.2 Å². The van der Waals surface area contributed by atoms with Gasteiger partial charge in [-0.2, -0.15) is 4.98 Å². The van der Waals surface area contributed by atoms with E-state index in [2.05, 4.69) is 25.0 Å². The lowest BCUT2D eigenvalue weighted by Gasteiger charge is -1.97. The summed E-state index contributed by atoms with van der Waals surface area (Å²) in [6.45, 7) is 0.715. The number of fused-ring (bicyclic) bond motifs is 1. The van der Waals surface area contributed by atoms with Gasteiger partial charge >= 0.3 is 0 Å². The van der Waals surface area contributed by atoms with Crippen molar-refractivity contribution in [3.63, 3.8) is 0 Å². The number of anilines is 1. The molecule has 0 unspecified atom stereocenters. The molecule has 0 bridgehead atoms. The van der Waals surface area contributed by atoms with E-state index in [0.29, 0.717) is 23.8 Å².